The fourth-order valence-electron chi connectivity index (χ4n) is 1.88. The van der Waals surface area contributed by atoms with Crippen LogP contribution < -0.4 is 0 Å². The molecular formula is C15H14O5. The summed E-state index contributed by atoms with van der Waals surface area (Å²) in [5.74, 6) is -0.165. The van der Waals surface area contributed by atoms with E-state index in [0.29, 0.717) is 16.7 Å². The summed E-state index contributed by atoms with van der Waals surface area (Å²) in [6.45, 7) is 4.37. The van der Waals surface area contributed by atoms with Gasteiger partial charge in [-0.05, 0) is 38.1 Å². The van der Waals surface area contributed by atoms with Crippen molar-refractivity contribution in [2.75, 3.05) is 0 Å². The second-order valence-corrected chi connectivity index (χ2v) is 4.32. The number of fused-ring (bicyclic) bond motifs is 1. The molecule has 0 spiro atoms. The first-order chi connectivity index (χ1) is 9.42. The molecule has 1 aromatic heterocycles. The number of allylic oxidation sites excluding steroid dienone is 1. The Labute approximate surface area is 115 Å². The quantitative estimate of drug-likeness (QED) is 0.528. The predicted molar refractivity (Wildman–Crippen MR) is 73.3 cm³/mol. The van der Waals surface area contributed by atoms with Gasteiger partial charge in [-0.2, -0.15) is 0 Å². The van der Waals surface area contributed by atoms with Crippen molar-refractivity contribution in [2.45, 2.75) is 20.8 Å². The largest absolute Gasteiger partial charge is 0.507 e. The summed E-state index contributed by atoms with van der Waals surface area (Å²) >= 11 is 0. The fraction of sp³-hybridized carbons (Fsp3) is 0.200. The topological polar surface area (TPSA) is 76.7 Å². The van der Waals surface area contributed by atoms with E-state index < -0.39 is 5.97 Å². The zero-order valence-corrected chi connectivity index (χ0v) is 11.4. The summed E-state index contributed by atoms with van der Waals surface area (Å²) in [5.41, 5.74) is 0.627. The third-order valence-corrected chi connectivity index (χ3v) is 2.77. The van der Waals surface area contributed by atoms with Crippen LogP contribution in [0, 0.1) is 0 Å². The SMILES string of the molecule is CC=C(OC(C)=O)c1cc2cc(O)c(C(C)=O)cc2o1. The number of hydrogen-bond acceptors (Lipinski definition) is 5. The molecule has 1 heterocycles. The molecule has 5 nitrogen and oxygen atoms in total. The van der Waals surface area contributed by atoms with Crippen LogP contribution in [0.3, 0.4) is 0 Å². The number of phenolic OH excluding ortho intramolecular Hbond substituents is 1. The van der Waals surface area contributed by atoms with Crippen LogP contribution in [0.2, 0.25) is 0 Å². The molecule has 2 rings (SSSR count). The van der Waals surface area contributed by atoms with E-state index in [-0.39, 0.29) is 22.9 Å². The maximum atomic E-state index is 11.4. The Kier molecular flexibility index (Phi) is 3.61. The van der Waals surface area contributed by atoms with Gasteiger partial charge in [-0.1, -0.05) is 0 Å². The van der Waals surface area contributed by atoms with E-state index >= 15 is 0 Å². The molecule has 1 aromatic carbocycles. The number of aromatic hydroxyl groups is 1. The van der Waals surface area contributed by atoms with Gasteiger partial charge in [0.15, 0.2) is 17.3 Å². The molecule has 0 aliphatic carbocycles. The van der Waals surface area contributed by atoms with E-state index in [1.165, 1.54) is 26.0 Å². The Morgan fingerprint density at radius 1 is 1.25 bits per heavy atom. The van der Waals surface area contributed by atoms with Gasteiger partial charge in [0.05, 0.1) is 5.56 Å². The first-order valence-corrected chi connectivity index (χ1v) is 6.05. The highest BCUT2D eigenvalue weighted by Crippen LogP contribution is 2.30. The van der Waals surface area contributed by atoms with E-state index in [1.54, 1.807) is 19.1 Å². The standard InChI is InChI=1S/C15H14O5/c1-4-13(19-9(3)17)15-6-10-5-12(18)11(8(2)16)7-14(10)20-15/h4-7,18H,1-3H3. The van der Waals surface area contributed by atoms with E-state index in [1.807, 2.05) is 0 Å². The van der Waals surface area contributed by atoms with Crippen LogP contribution in [0.25, 0.3) is 16.7 Å². The number of ketones is 1. The molecule has 20 heavy (non-hydrogen) atoms. The molecule has 0 saturated heterocycles. The zero-order valence-electron chi connectivity index (χ0n) is 11.4. The highest BCUT2D eigenvalue weighted by atomic mass is 16.5. The van der Waals surface area contributed by atoms with Crippen LogP contribution in [0.15, 0.2) is 28.7 Å². The van der Waals surface area contributed by atoms with Crippen LogP contribution in [-0.2, 0) is 9.53 Å². The monoisotopic (exact) mass is 274 g/mol. The van der Waals surface area contributed by atoms with Gasteiger partial charge in [-0.3, -0.25) is 9.59 Å². The average Bonchev–Trinajstić information content (AvgIpc) is 2.76. The Bertz CT molecular complexity index is 721. The molecule has 5 heteroatoms. The number of hydrogen-bond donors (Lipinski definition) is 1. The summed E-state index contributed by atoms with van der Waals surface area (Å²) in [6, 6.07) is 4.55. The molecular weight excluding hydrogens is 260 g/mol. The van der Waals surface area contributed by atoms with Gasteiger partial charge in [-0.25, -0.2) is 0 Å². The molecule has 0 unspecified atom stereocenters. The maximum absolute atomic E-state index is 11.4. The first kappa shape index (κ1) is 13.9. The third-order valence-electron chi connectivity index (χ3n) is 2.77. The summed E-state index contributed by atoms with van der Waals surface area (Å²) in [7, 11) is 0. The number of benzene rings is 1. The van der Waals surface area contributed by atoms with Crippen LogP contribution >= 0.6 is 0 Å². The van der Waals surface area contributed by atoms with E-state index in [0.717, 1.165) is 0 Å². The third kappa shape index (κ3) is 2.56. The molecule has 0 bridgehead atoms. The van der Waals surface area contributed by atoms with E-state index in [4.69, 9.17) is 9.15 Å². The lowest BCUT2D eigenvalue weighted by atomic mass is 10.1. The van der Waals surface area contributed by atoms with Crippen molar-refractivity contribution < 1.29 is 23.8 Å². The Balaban J connectivity index is 2.53. The zero-order chi connectivity index (χ0) is 14.9. The lowest BCUT2D eigenvalue weighted by Crippen LogP contribution is -1.96. The highest BCUT2D eigenvalue weighted by Gasteiger charge is 2.15. The molecule has 0 radical (unpaired) electrons. The number of carbonyl (C=O) groups is 2. The lowest BCUT2D eigenvalue weighted by molar-refractivity contribution is -0.134. The second kappa shape index (κ2) is 5.21. The van der Waals surface area contributed by atoms with E-state index in [9.17, 15) is 14.7 Å². The van der Waals surface area contributed by atoms with Gasteiger partial charge in [0.25, 0.3) is 0 Å². The number of esters is 1. The smallest absolute Gasteiger partial charge is 0.308 e. The highest BCUT2D eigenvalue weighted by molar-refractivity contribution is 6.00. The fourth-order valence-corrected chi connectivity index (χ4v) is 1.88. The van der Waals surface area contributed by atoms with Crippen LogP contribution in [-0.4, -0.2) is 16.9 Å². The number of Topliss-reactive ketones (excluding diaryl/α,β-unsaturated/α-hetero) is 1. The van der Waals surface area contributed by atoms with Gasteiger partial charge in [0.1, 0.15) is 11.3 Å². The molecule has 0 aliphatic heterocycles. The minimum absolute atomic E-state index is 0.105. The number of phenols is 1. The number of furan rings is 1. The van der Waals surface area contributed by atoms with Crippen molar-refractivity contribution in [1.29, 1.82) is 0 Å². The van der Waals surface area contributed by atoms with Crippen molar-refractivity contribution in [3.8, 4) is 5.75 Å². The molecule has 2 aromatic rings. The normalized spacial score (nSPS) is 11.7. The Morgan fingerprint density at radius 3 is 2.50 bits per heavy atom. The number of carbonyl (C=O) groups excluding carboxylic acids is 2. The summed E-state index contributed by atoms with van der Waals surface area (Å²) in [6.07, 6.45) is 1.60. The molecule has 104 valence electrons. The van der Waals surface area contributed by atoms with Crippen LogP contribution in [0.1, 0.15) is 36.9 Å². The second-order valence-electron chi connectivity index (χ2n) is 4.32. The molecule has 0 amide bonds. The van der Waals surface area contributed by atoms with Gasteiger partial charge in [-0.15, -0.1) is 0 Å². The number of ether oxygens (including phenoxy) is 1. The lowest BCUT2D eigenvalue weighted by Gasteiger charge is -2.01. The van der Waals surface area contributed by atoms with Gasteiger partial charge in [0, 0.05) is 12.3 Å². The summed E-state index contributed by atoms with van der Waals surface area (Å²) in [5, 5.41) is 10.4. The van der Waals surface area contributed by atoms with Crippen molar-refractivity contribution in [2.24, 2.45) is 0 Å². The van der Waals surface area contributed by atoms with Crippen molar-refractivity contribution in [3.63, 3.8) is 0 Å². The maximum Gasteiger partial charge on any atom is 0.308 e. The molecule has 1 N–H and O–H groups in total. The van der Waals surface area contributed by atoms with Crippen molar-refractivity contribution in [3.05, 3.63) is 35.6 Å². The minimum Gasteiger partial charge on any atom is -0.507 e. The van der Waals surface area contributed by atoms with Gasteiger partial charge >= 0.3 is 5.97 Å². The molecule has 0 atom stereocenters. The molecule has 0 saturated carbocycles. The Morgan fingerprint density at radius 2 is 1.95 bits per heavy atom. The summed E-state index contributed by atoms with van der Waals surface area (Å²) < 4.78 is 10.6. The average molecular weight is 274 g/mol. The Hall–Kier alpha value is -2.56. The minimum atomic E-state index is -0.453. The van der Waals surface area contributed by atoms with Crippen LogP contribution in [0.4, 0.5) is 0 Å². The molecule has 0 aliphatic rings. The molecule has 0 fully saturated rings. The van der Waals surface area contributed by atoms with Crippen molar-refractivity contribution >= 4 is 28.5 Å². The number of rotatable bonds is 3. The van der Waals surface area contributed by atoms with Gasteiger partial charge in [0.2, 0.25) is 0 Å². The predicted octanol–water partition coefficient (Wildman–Crippen LogP) is 3.26. The van der Waals surface area contributed by atoms with Gasteiger partial charge < -0.3 is 14.3 Å². The van der Waals surface area contributed by atoms with Crippen molar-refractivity contribution in [1.82, 2.24) is 0 Å². The van der Waals surface area contributed by atoms with E-state index in [2.05, 4.69) is 0 Å². The first-order valence-electron chi connectivity index (χ1n) is 6.05. The van der Waals surface area contributed by atoms with Crippen LogP contribution in [0.5, 0.6) is 5.75 Å². The summed E-state index contributed by atoms with van der Waals surface area (Å²) in [4.78, 5) is 22.4.